The Labute approximate surface area is 120 Å². The average Bonchev–Trinajstić information content (AvgIpc) is 2.70. The molecule has 1 aromatic rings. The highest BCUT2D eigenvalue weighted by atomic mass is 16.5. The van der Waals surface area contributed by atoms with Crippen LogP contribution in [0.4, 0.5) is 0 Å². The van der Waals surface area contributed by atoms with Crippen molar-refractivity contribution in [2.24, 2.45) is 0 Å². The van der Waals surface area contributed by atoms with Crippen LogP contribution in [0, 0.1) is 0 Å². The molecule has 2 unspecified atom stereocenters. The van der Waals surface area contributed by atoms with Crippen LogP contribution in [-0.4, -0.2) is 43.2 Å². The predicted octanol–water partition coefficient (Wildman–Crippen LogP) is 1.51. The molecule has 2 heterocycles. The summed E-state index contributed by atoms with van der Waals surface area (Å²) in [5.41, 5.74) is 2.44. The van der Waals surface area contributed by atoms with Gasteiger partial charge in [-0.25, -0.2) is 0 Å². The Hall–Kier alpha value is -1.39. The van der Waals surface area contributed by atoms with E-state index >= 15 is 0 Å². The van der Waals surface area contributed by atoms with E-state index in [2.05, 4.69) is 17.4 Å². The molecule has 1 aromatic carbocycles. The summed E-state index contributed by atoms with van der Waals surface area (Å²) in [6.45, 7) is 5.14. The standard InChI is InChI=1S/C16H22N2O2/c1-12-11-18(9-4-10-20-12)16(19)15-14-6-3-2-5-13(14)7-8-17-15/h2-3,5-6,12,15,17H,4,7-11H2,1H3. The number of benzene rings is 1. The maximum absolute atomic E-state index is 12.8. The Balaban J connectivity index is 1.80. The molecule has 1 saturated heterocycles. The van der Waals surface area contributed by atoms with Gasteiger partial charge in [-0.2, -0.15) is 0 Å². The number of hydrogen-bond donors (Lipinski definition) is 1. The minimum absolute atomic E-state index is 0.125. The Bertz CT molecular complexity index is 489. The second-order valence-corrected chi connectivity index (χ2v) is 5.66. The van der Waals surface area contributed by atoms with E-state index in [1.165, 1.54) is 5.56 Å². The number of carbonyl (C=O) groups is 1. The van der Waals surface area contributed by atoms with Gasteiger partial charge < -0.3 is 15.0 Å². The van der Waals surface area contributed by atoms with E-state index in [-0.39, 0.29) is 18.1 Å². The van der Waals surface area contributed by atoms with Crippen LogP contribution < -0.4 is 5.32 Å². The zero-order valence-electron chi connectivity index (χ0n) is 12.0. The van der Waals surface area contributed by atoms with Crippen LogP contribution in [0.2, 0.25) is 0 Å². The smallest absolute Gasteiger partial charge is 0.244 e. The van der Waals surface area contributed by atoms with Crippen LogP contribution in [0.1, 0.15) is 30.5 Å². The minimum Gasteiger partial charge on any atom is -0.377 e. The normalized spacial score (nSPS) is 26.8. The largest absolute Gasteiger partial charge is 0.377 e. The molecule has 0 spiro atoms. The molecule has 2 atom stereocenters. The lowest BCUT2D eigenvalue weighted by Gasteiger charge is -2.31. The molecule has 0 radical (unpaired) electrons. The van der Waals surface area contributed by atoms with Crippen LogP contribution in [-0.2, 0) is 16.0 Å². The van der Waals surface area contributed by atoms with Crippen LogP contribution >= 0.6 is 0 Å². The van der Waals surface area contributed by atoms with E-state index in [4.69, 9.17) is 4.74 Å². The van der Waals surface area contributed by atoms with Crippen molar-refractivity contribution in [2.45, 2.75) is 31.9 Å². The van der Waals surface area contributed by atoms with Crippen molar-refractivity contribution >= 4 is 5.91 Å². The maximum atomic E-state index is 12.8. The fraction of sp³-hybridized carbons (Fsp3) is 0.562. The van der Waals surface area contributed by atoms with Gasteiger partial charge in [0.2, 0.25) is 5.91 Å². The average molecular weight is 274 g/mol. The van der Waals surface area contributed by atoms with E-state index in [1.807, 2.05) is 24.0 Å². The zero-order chi connectivity index (χ0) is 13.9. The summed E-state index contributed by atoms with van der Waals surface area (Å²) in [6.07, 6.45) is 2.05. The van der Waals surface area contributed by atoms with Gasteiger partial charge in [0, 0.05) is 26.2 Å². The van der Waals surface area contributed by atoms with Crippen molar-refractivity contribution in [2.75, 3.05) is 26.2 Å². The molecule has 2 aliphatic rings. The number of amides is 1. The van der Waals surface area contributed by atoms with Gasteiger partial charge in [0.1, 0.15) is 6.04 Å². The molecule has 0 aliphatic carbocycles. The number of nitrogens with zero attached hydrogens (tertiary/aromatic N) is 1. The third-order valence-electron chi connectivity index (χ3n) is 4.12. The lowest BCUT2D eigenvalue weighted by Crippen LogP contribution is -2.45. The summed E-state index contributed by atoms with van der Waals surface area (Å²) in [7, 11) is 0. The minimum atomic E-state index is -0.190. The Kier molecular flexibility index (Phi) is 4.03. The van der Waals surface area contributed by atoms with Crippen LogP contribution in [0.3, 0.4) is 0 Å². The summed E-state index contributed by atoms with van der Waals surface area (Å²) in [6, 6.07) is 8.07. The highest BCUT2D eigenvalue weighted by Gasteiger charge is 2.30. The van der Waals surface area contributed by atoms with Gasteiger partial charge in [0.15, 0.2) is 0 Å². The quantitative estimate of drug-likeness (QED) is 0.844. The van der Waals surface area contributed by atoms with Crippen LogP contribution in [0.25, 0.3) is 0 Å². The molecular formula is C16H22N2O2. The van der Waals surface area contributed by atoms with Gasteiger partial charge in [-0.05, 0) is 30.9 Å². The summed E-state index contributed by atoms with van der Waals surface area (Å²) < 4.78 is 5.63. The number of carbonyl (C=O) groups excluding carboxylic acids is 1. The lowest BCUT2D eigenvalue weighted by molar-refractivity contribution is -0.134. The van der Waals surface area contributed by atoms with E-state index in [1.54, 1.807) is 0 Å². The molecule has 0 bridgehead atoms. The Morgan fingerprint density at radius 3 is 3.15 bits per heavy atom. The fourth-order valence-electron chi connectivity index (χ4n) is 3.10. The molecule has 0 saturated carbocycles. The van der Waals surface area contributed by atoms with E-state index in [9.17, 15) is 4.79 Å². The summed E-state index contributed by atoms with van der Waals surface area (Å²) in [5, 5.41) is 3.38. The third-order valence-corrected chi connectivity index (χ3v) is 4.12. The van der Waals surface area contributed by atoms with Crippen LogP contribution in [0.5, 0.6) is 0 Å². The monoisotopic (exact) mass is 274 g/mol. The molecule has 1 N–H and O–H groups in total. The van der Waals surface area contributed by atoms with E-state index < -0.39 is 0 Å². The lowest BCUT2D eigenvalue weighted by atomic mass is 9.93. The molecule has 20 heavy (non-hydrogen) atoms. The summed E-state index contributed by atoms with van der Waals surface area (Å²) in [4.78, 5) is 14.8. The first kappa shape index (κ1) is 13.6. The van der Waals surface area contributed by atoms with Crippen molar-refractivity contribution in [3.8, 4) is 0 Å². The Morgan fingerprint density at radius 2 is 2.25 bits per heavy atom. The van der Waals surface area contributed by atoms with E-state index in [0.717, 1.165) is 38.1 Å². The number of hydrogen-bond acceptors (Lipinski definition) is 3. The maximum Gasteiger partial charge on any atom is 0.244 e. The first-order valence-electron chi connectivity index (χ1n) is 7.47. The molecule has 2 aliphatic heterocycles. The van der Waals surface area contributed by atoms with Gasteiger partial charge in [0.05, 0.1) is 6.10 Å². The second kappa shape index (κ2) is 5.94. The van der Waals surface area contributed by atoms with Gasteiger partial charge >= 0.3 is 0 Å². The Morgan fingerprint density at radius 1 is 1.40 bits per heavy atom. The van der Waals surface area contributed by atoms with Crippen molar-refractivity contribution < 1.29 is 9.53 Å². The van der Waals surface area contributed by atoms with Gasteiger partial charge in [0.25, 0.3) is 0 Å². The zero-order valence-corrected chi connectivity index (χ0v) is 12.0. The first-order chi connectivity index (χ1) is 9.75. The molecule has 0 aromatic heterocycles. The van der Waals surface area contributed by atoms with Gasteiger partial charge in [-0.3, -0.25) is 4.79 Å². The van der Waals surface area contributed by atoms with Crippen molar-refractivity contribution in [1.82, 2.24) is 10.2 Å². The molecule has 108 valence electrons. The predicted molar refractivity (Wildman–Crippen MR) is 77.5 cm³/mol. The highest BCUT2D eigenvalue weighted by Crippen LogP contribution is 2.25. The van der Waals surface area contributed by atoms with Gasteiger partial charge in [-0.15, -0.1) is 0 Å². The van der Waals surface area contributed by atoms with Gasteiger partial charge in [-0.1, -0.05) is 24.3 Å². The topological polar surface area (TPSA) is 41.6 Å². The van der Waals surface area contributed by atoms with Crippen molar-refractivity contribution in [3.63, 3.8) is 0 Å². The molecule has 1 amide bonds. The summed E-state index contributed by atoms with van der Waals surface area (Å²) >= 11 is 0. The molecule has 4 nitrogen and oxygen atoms in total. The number of ether oxygens (including phenoxy) is 1. The number of nitrogens with one attached hydrogen (secondary N) is 1. The number of rotatable bonds is 1. The molecular weight excluding hydrogens is 252 g/mol. The molecule has 3 rings (SSSR count). The summed E-state index contributed by atoms with van der Waals surface area (Å²) in [5.74, 6) is 0.189. The molecule has 4 heteroatoms. The van der Waals surface area contributed by atoms with E-state index in [0.29, 0.717) is 6.54 Å². The third kappa shape index (κ3) is 2.72. The SMILES string of the molecule is CC1CN(C(=O)C2NCCc3ccccc32)CCCO1. The second-order valence-electron chi connectivity index (χ2n) is 5.66. The highest BCUT2D eigenvalue weighted by molar-refractivity contribution is 5.84. The van der Waals surface area contributed by atoms with Crippen molar-refractivity contribution in [3.05, 3.63) is 35.4 Å². The van der Waals surface area contributed by atoms with Crippen LogP contribution in [0.15, 0.2) is 24.3 Å². The van der Waals surface area contributed by atoms with Crippen molar-refractivity contribution in [1.29, 1.82) is 0 Å². The first-order valence-corrected chi connectivity index (χ1v) is 7.47. The molecule has 1 fully saturated rings. The number of fused-ring (bicyclic) bond motifs is 1. The fourth-order valence-corrected chi connectivity index (χ4v) is 3.10.